The van der Waals surface area contributed by atoms with E-state index in [4.69, 9.17) is 4.74 Å². The fraction of sp³-hybridized carbons (Fsp3) is 0.318. The van der Waals surface area contributed by atoms with Gasteiger partial charge in [-0.25, -0.2) is 9.97 Å². The molecule has 0 bridgehead atoms. The molecule has 144 valence electrons. The molecule has 1 aliphatic rings. The highest BCUT2D eigenvalue weighted by Crippen LogP contribution is 2.23. The standard InChI is InChI=1S/C22H24N4O2/c1-28-21-9-8-20(13-24-21)18-4-6-19(7-5-18)22(27)26-11-2-3-17(15-26)14-25-12-10-23-16-25/h4-10,12-13,16-17H,2-3,11,14-15H2,1H3/t17-/m1/s1. The zero-order valence-corrected chi connectivity index (χ0v) is 16.0. The number of piperidine rings is 1. The minimum Gasteiger partial charge on any atom is -0.481 e. The summed E-state index contributed by atoms with van der Waals surface area (Å²) in [5.74, 6) is 1.16. The lowest BCUT2D eigenvalue weighted by Gasteiger charge is -2.33. The topological polar surface area (TPSA) is 60.2 Å². The molecule has 0 aliphatic carbocycles. The molecule has 1 saturated heterocycles. The van der Waals surface area contributed by atoms with Gasteiger partial charge in [-0.1, -0.05) is 12.1 Å². The van der Waals surface area contributed by atoms with E-state index < -0.39 is 0 Å². The first kappa shape index (κ1) is 18.2. The third-order valence-electron chi connectivity index (χ3n) is 5.25. The van der Waals surface area contributed by atoms with Gasteiger partial charge in [0.05, 0.1) is 13.4 Å². The lowest BCUT2D eigenvalue weighted by molar-refractivity contribution is 0.0662. The Morgan fingerprint density at radius 1 is 1.18 bits per heavy atom. The van der Waals surface area contributed by atoms with Crippen molar-refractivity contribution in [1.82, 2.24) is 19.4 Å². The summed E-state index contributed by atoms with van der Waals surface area (Å²) in [5, 5.41) is 0. The second-order valence-corrected chi connectivity index (χ2v) is 7.19. The number of hydrogen-bond donors (Lipinski definition) is 0. The molecule has 0 saturated carbocycles. The SMILES string of the molecule is COc1ccc(-c2ccc(C(=O)N3CCC[C@H](Cn4ccnc4)C3)cc2)cn1. The van der Waals surface area contributed by atoms with Gasteiger partial charge in [-0.15, -0.1) is 0 Å². The van der Waals surface area contributed by atoms with Crippen molar-refractivity contribution in [2.45, 2.75) is 19.4 Å². The van der Waals surface area contributed by atoms with Crippen molar-refractivity contribution in [3.8, 4) is 17.0 Å². The van der Waals surface area contributed by atoms with E-state index in [0.717, 1.165) is 49.2 Å². The van der Waals surface area contributed by atoms with E-state index >= 15 is 0 Å². The number of imidazole rings is 1. The van der Waals surface area contributed by atoms with Gasteiger partial charge in [-0.2, -0.15) is 0 Å². The van der Waals surface area contributed by atoms with Gasteiger partial charge in [0.1, 0.15) is 0 Å². The fourth-order valence-corrected chi connectivity index (χ4v) is 3.75. The molecule has 1 aliphatic heterocycles. The molecule has 0 N–H and O–H groups in total. The highest BCUT2D eigenvalue weighted by atomic mass is 16.5. The van der Waals surface area contributed by atoms with Crippen LogP contribution in [0, 0.1) is 5.92 Å². The number of pyridine rings is 1. The number of methoxy groups -OCH3 is 1. The summed E-state index contributed by atoms with van der Waals surface area (Å²) in [6, 6.07) is 11.6. The van der Waals surface area contributed by atoms with E-state index in [0.29, 0.717) is 11.8 Å². The zero-order valence-electron chi connectivity index (χ0n) is 16.0. The van der Waals surface area contributed by atoms with Crippen molar-refractivity contribution in [3.63, 3.8) is 0 Å². The van der Waals surface area contributed by atoms with E-state index in [9.17, 15) is 4.79 Å². The largest absolute Gasteiger partial charge is 0.481 e. The lowest BCUT2D eigenvalue weighted by atomic mass is 9.97. The number of ether oxygens (including phenoxy) is 1. The molecule has 0 spiro atoms. The number of rotatable bonds is 5. The number of hydrogen-bond acceptors (Lipinski definition) is 4. The fourth-order valence-electron chi connectivity index (χ4n) is 3.75. The highest BCUT2D eigenvalue weighted by molar-refractivity contribution is 5.94. The smallest absolute Gasteiger partial charge is 0.253 e. The maximum absolute atomic E-state index is 13.0. The third-order valence-corrected chi connectivity index (χ3v) is 5.25. The van der Waals surface area contributed by atoms with Gasteiger partial charge in [-0.3, -0.25) is 4.79 Å². The van der Waals surface area contributed by atoms with E-state index in [1.54, 1.807) is 19.5 Å². The Bertz CT molecular complexity index is 905. The molecule has 28 heavy (non-hydrogen) atoms. The molecule has 1 aromatic carbocycles. The van der Waals surface area contributed by atoms with Gasteiger partial charge >= 0.3 is 0 Å². The van der Waals surface area contributed by atoms with Crippen molar-refractivity contribution in [3.05, 3.63) is 66.9 Å². The van der Waals surface area contributed by atoms with Crippen LogP contribution in [-0.2, 0) is 6.54 Å². The number of nitrogens with zero attached hydrogens (tertiary/aromatic N) is 4. The molecule has 1 atom stereocenters. The van der Waals surface area contributed by atoms with Gasteiger partial charge in [0.2, 0.25) is 5.88 Å². The second-order valence-electron chi connectivity index (χ2n) is 7.19. The molecule has 6 nitrogen and oxygen atoms in total. The Labute approximate surface area is 164 Å². The van der Waals surface area contributed by atoms with Gasteiger partial charge in [0.15, 0.2) is 0 Å². The molecule has 6 heteroatoms. The Kier molecular flexibility index (Phi) is 5.37. The third kappa shape index (κ3) is 4.06. The predicted molar refractivity (Wildman–Crippen MR) is 107 cm³/mol. The first-order valence-corrected chi connectivity index (χ1v) is 9.58. The maximum atomic E-state index is 13.0. The highest BCUT2D eigenvalue weighted by Gasteiger charge is 2.24. The second kappa shape index (κ2) is 8.25. The zero-order chi connectivity index (χ0) is 19.3. The van der Waals surface area contributed by atoms with Crippen LogP contribution in [0.3, 0.4) is 0 Å². The van der Waals surface area contributed by atoms with Crippen molar-refractivity contribution in [2.24, 2.45) is 5.92 Å². The molecular formula is C22H24N4O2. The first-order valence-electron chi connectivity index (χ1n) is 9.58. The summed E-state index contributed by atoms with van der Waals surface area (Å²) in [6.45, 7) is 2.53. The van der Waals surface area contributed by atoms with Crippen LogP contribution in [0.5, 0.6) is 5.88 Å². The molecule has 1 amide bonds. The molecule has 3 aromatic rings. The average Bonchev–Trinajstić information content (AvgIpc) is 3.27. The average molecular weight is 376 g/mol. The van der Waals surface area contributed by atoms with Crippen LogP contribution in [0.25, 0.3) is 11.1 Å². The Morgan fingerprint density at radius 2 is 2.00 bits per heavy atom. The monoisotopic (exact) mass is 376 g/mol. The Balaban J connectivity index is 1.42. The summed E-state index contributed by atoms with van der Waals surface area (Å²) >= 11 is 0. The summed E-state index contributed by atoms with van der Waals surface area (Å²) < 4.78 is 7.19. The maximum Gasteiger partial charge on any atom is 0.253 e. The summed E-state index contributed by atoms with van der Waals surface area (Å²) in [6.07, 6.45) is 9.58. The number of likely N-dealkylation sites (tertiary alicyclic amines) is 1. The van der Waals surface area contributed by atoms with Gasteiger partial charge in [-0.05, 0) is 42.5 Å². The van der Waals surface area contributed by atoms with Gasteiger partial charge in [0.25, 0.3) is 5.91 Å². The number of aromatic nitrogens is 3. The van der Waals surface area contributed by atoms with Crippen molar-refractivity contribution >= 4 is 5.91 Å². The van der Waals surface area contributed by atoms with E-state index in [1.807, 2.05) is 53.8 Å². The summed E-state index contributed by atoms with van der Waals surface area (Å²) in [7, 11) is 1.60. The molecule has 1 fully saturated rings. The normalized spacial score (nSPS) is 16.8. The molecule has 0 unspecified atom stereocenters. The van der Waals surface area contributed by atoms with Crippen LogP contribution >= 0.6 is 0 Å². The predicted octanol–water partition coefficient (Wildman–Crippen LogP) is 3.51. The lowest BCUT2D eigenvalue weighted by Crippen LogP contribution is -2.41. The van der Waals surface area contributed by atoms with E-state index in [-0.39, 0.29) is 5.91 Å². The summed E-state index contributed by atoms with van der Waals surface area (Å²) in [4.78, 5) is 23.3. The van der Waals surface area contributed by atoms with Crippen molar-refractivity contribution < 1.29 is 9.53 Å². The molecule has 0 radical (unpaired) electrons. The number of carbonyl (C=O) groups is 1. The van der Waals surface area contributed by atoms with Gasteiger partial charge in [0, 0.05) is 55.4 Å². The molecular weight excluding hydrogens is 352 g/mol. The van der Waals surface area contributed by atoms with Crippen LogP contribution in [0.4, 0.5) is 0 Å². The first-order chi connectivity index (χ1) is 13.7. The quantitative estimate of drug-likeness (QED) is 0.684. The summed E-state index contributed by atoms with van der Waals surface area (Å²) in [5.41, 5.74) is 2.76. The number of carbonyl (C=O) groups excluding carboxylic acids is 1. The number of benzene rings is 1. The molecule has 3 heterocycles. The van der Waals surface area contributed by atoms with Crippen molar-refractivity contribution in [2.75, 3.05) is 20.2 Å². The van der Waals surface area contributed by atoms with Crippen LogP contribution in [0.2, 0.25) is 0 Å². The Morgan fingerprint density at radius 3 is 2.68 bits per heavy atom. The Hall–Kier alpha value is -3.15. The van der Waals surface area contributed by atoms with Crippen LogP contribution in [0.1, 0.15) is 23.2 Å². The van der Waals surface area contributed by atoms with E-state index in [1.165, 1.54) is 0 Å². The minimum absolute atomic E-state index is 0.106. The van der Waals surface area contributed by atoms with Crippen LogP contribution < -0.4 is 4.74 Å². The molecule has 4 rings (SSSR count). The minimum atomic E-state index is 0.106. The van der Waals surface area contributed by atoms with Crippen LogP contribution in [-0.4, -0.2) is 45.5 Å². The molecule has 2 aromatic heterocycles. The van der Waals surface area contributed by atoms with Crippen molar-refractivity contribution in [1.29, 1.82) is 0 Å². The van der Waals surface area contributed by atoms with E-state index in [2.05, 4.69) is 14.5 Å². The van der Waals surface area contributed by atoms with Gasteiger partial charge < -0.3 is 14.2 Å². The van der Waals surface area contributed by atoms with Crippen LogP contribution in [0.15, 0.2) is 61.3 Å². The number of amides is 1.